The third-order valence-corrected chi connectivity index (χ3v) is 3.67. The SMILES string of the molecule is CCC(=O)N[C@H]1C(=NOC(=O)Nc2ccccc2)O[C@H](CO)[C@@H](O)[C@@H]1O. The molecule has 1 aliphatic heterocycles. The van der Waals surface area contributed by atoms with E-state index < -0.39 is 43.0 Å². The lowest BCUT2D eigenvalue weighted by Crippen LogP contribution is -2.62. The van der Waals surface area contributed by atoms with Crippen LogP contribution in [0.3, 0.4) is 0 Å². The Morgan fingerprint density at radius 2 is 1.92 bits per heavy atom. The zero-order chi connectivity index (χ0) is 19.1. The van der Waals surface area contributed by atoms with E-state index in [2.05, 4.69) is 15.8 Å². The van der Waals surface area contributed by atoms with Crippen molar-refractivity contribution in [2.45, 2.75) is 37.7 Å². The molecule has 0 radical (unpaired) electrons. The van der Waals surface area contributed by atoms with Gasteiger partial charge in [0.1, 0.15) is 18.2 Å². The summed E-state index contributed by atoms with van der Waals surface area (Å²) in [5.41, 5.74) is 0.474. The lowest BCUT2D eigenvalue weighted by atomic mass is 9.97. The molecular formula is C16H21N3O7. The van der Waals surface area contributed by atoms with E-state index >= 15 is 0 Å². The minimum absolute atomic E-state index is 0.116. The van der Waals surface area contributed by atoms with Crippen molar-refractivity contribution in [1.29, 1.82) is 0 Å². The molecule has 1 aromatic rings. The summed E-state index contributed by atoms with van der Waals surface area (Å²) in [5.74, 6) is -0.777. The molecule has 1 aliphatic rings. The number of hydrogen-bond donors (Lipinski definition) is 5. The summed E-state index contributed by atoms with van der Waals surface area (Å²) in [6.07, 6.45) is -4.95. The molecule has 0 aromatic heterocycles. The molecule has 10 nitrogen and oxygen atoms in total. The number of anilines is 1. The molecule has 0 spiro atoms. The highest BCUT2D eigenvalue weighted by Gasteiger charge is 2.44. The van der Waals surface area contributed by atoms with Crippen LogP contribution in [-0.2, 0) is 14.4 Å². The number of amides is 2. The second-order valence-electron chi connectivity index (χ2n) is 5.52. The van der Waals surface area contributed by atoms with Gasteiger partial charge in [-0.25, -0.2) is 4.79 Å². The normalized spacial score (nSPS) is 26.7. The van der Waals surface area contributed by atoms with Crippen molar-refractivity contribution >= 4 is 23.6 Å². The molecule has 142 valence electrons. The molecule has 0 unspecified atom stereocenters. The first-order valence-electron chi connectivity index (χ1n) is 8.00. The molecule has 2 rings (SSSR count). The molecule has 0 aliphatic carbocycles. The van der Waals surface area contributed by atoms with Crippen molar-refractivity contribution in [2.75, 3.05) is 11.9 Å². The second kappa shape index (κ2) is 9.13. The van der Waals surface area contributed by atoms with Crippen molar-refractivity contribution in [1.82, 2.24) is 5.32 Å². The first kappa shape index (κ1) is 19.6. The summed E-state index contributed by atoms with van der Waals surface area (Å²) in [5, 5.41) is 37.7. The summed E-state index contributed by atoms with van der Waals surface area (Å²) >= 11 is 0. The van der Waals surface area contributed by atoms with Crippen LogP contribution in [0.2, 0.25) is 0 Å². The maximum atomic E-state index is 11.8. The Balaban J connectivity index is 2.11. The maximum absolute atomic E-state index is 11.8. The molecule has 1 saturated heterocycles. The summed E-state index contributed by atoms with van der Waals surface area (Å²) in [6, 6.07) is 7.24. The topological polar surface area (TPSA) is 150 Å². The minimum atomic E-state index is -1.50. The van der Waals surface area contributed by atoms with Gasteiger partial charge in [0, 0.05) is 12.1 Å². The highest BCUT2D eigenvalue weighted by atomic mass is 16.7. The van der Waals surface area contributed by atoms with E-state index in [4.69, 9.17) is 9.57 Å². The zero-order valence-corrected chi connectivity index (χ0v) is 14.0. The van der Waals surface area contributed by atoms with Crippen molar-refractivity contribution < 1.29 is 34.5 Å². The third-order valence-electron chi connectivity index (χ3n) is 3.67. The third kappa shape index (κ3) is 4.91. The number of benzene rings is 1. The Hall–Kier alpha value is -2.69. The van der Waals surface area contributed by atoms with Crippen LogP contribution in [-0.4, -0.2) is 64.2 Å². The summed E-state index contributed by atoms with van der Waals surface area (Å²) in [7, 11) is 0. The van der Waals surface area contributed by atoms with E-state index in [1.165, 1.54) is 0 Å². The van der Waals surface area contributed by atoms with Crippen LogP contribution < -0.4 is 10.6 Å². The molecule has 2 amide bonds. The van der Waals surface area contributed by atoms with Gasteiger partial charge in [0.05, 0.1) is 6.61 Å². The average Bonchev–Trinajstić information content (AvgIpc) is 2.65. The molecule has 1 fully saturated rings. The number of ether oxygens (including phenoxy) is 1. The van der Waals surface area contributed by atoms with Crippen molar-refractivity contribution in [3.63, 3.8) is 0 Å². The average molecular weight is 367 g/mol. The number of aliphatic hydroxyl groups excluding tert-OH is 3. The fraction of sp³-hybridized carbons (Fsp3) is 0.438. The number of carbonyl (C=O) groups is 2. The first-order chi connectivity index (χ1) is 12.5. The van der Waals surface area contributed by atoms with Gasteiger partial charge in [0.25, 0.3) is 5.90 Å². The predicted molar refractivity (Wildman–Crippen MR) is 90.2 cm³/mol. The molecule has 10 heteroatoms. The monoisotopic (exact) mass is 367 g/mol. The number of oxime groups is 1. The highest BCUT2D eigenvalue weighted by molar-refractivity contribution is 5.90. The van der Waals surface area contributed by atoms with Gasteiger partial charge in [0.15, 0.2) is 6.10 Å². The smallest absolute Gasteiger partial charge is 0.437 e. The minimum Gasteiger partial charge on any atom is -0.468 e. The Morgan fingerprint density at radius 1 is 1.23 bits per heavy atom. The van der Waals surface area contributed by atoms with Crippen LogP contribution in [0.4, 0.5) is 10.5 Å². The van der Waals surface area contributed by atoms with Crippen LogP contribution in [0.5, 0.6) is 0 Å². The van der Waals surface area contributed by atoms with Crippen molar-refractivity contribution in [2.24, 2.45) is 5.16 Å². The van der Waals surface area contributed by atoms with E-state index in [-0.39, 0.29) is 12.3 Å². The van der Waals surface area contributed by atoms with Crippen LogP contribution in [0, 0.1) is 0 Å². The van der Waals surface area contributed by atoms with Crippen LogP contribution in [0.15, 0.2) is 35.5 Å². The van der Waals surface area contributed by atoms with Gasteiger partial charge in [-0.3, -0.25) is 14.9 Å². The summed E-state index contributed by atoms with van der Waals surface area (Å²) in [4.78, 5) is 28.1. The fourth-order valence-electron chi connectivity index (χ4n) is 2.26. The standard InChI is InChI=1S/C16H21N3O7/c1-2-11(21)18-12-14(23)13(22)10(8-20)25-15(12)19-26-16(24)17-9-6-4-3-5-7-9/h3-7,10,12-14,20,22-23H,2,8H2,1H3,(H,17,24)(H,18,21)/t10-,12-,13-,14-/m1/s1. The number of para-hydroxylation sites is 1. The van der Waals surface area contributed by atoms with Crippen molar-refractivity contribution in [3.8, 4) is 0 Å². The highest BCUT2D eigenvalue weighted by Crippen LogP contribution is 2.18. The summed E-state index contributed by atoms with van der Waals surface area (Å²) < 4.78 is 5.25. The molecule has 1 aromatic carbocycles. The molecule has 4 atom stereocenters. The molecule has 26 heavy (non-hydrogen) atoms. The molecule has 0 bridgehead atoms. The van der Waals surface area contributed by atoms with Crippen molar-refractivity contribution in [3.05, 3.63) is 30.3 Å². The van der Waals surface area contributed by atoms with E-state index in [0.717, 1.165) is 0 Å². The zero-order valence-electron chi connectivity index (χ0n) is 14.0. The number of carbonyl (C=O) groups excluding carboxylic acids is 2. The van der Waals surface area contributed by atoms with E-state index in [0.29, 0.717) is 5.69 Å². The van der Waals surface area contributed by atoms with Crippen LogP contribution >= 0.6 is 0 Å². The van der Waals surface area contributed by atoms with Gasteiger partial charge in [-0.05, 0) is 17.3 Å². The number of aliphatic hydroxyl groups is 3. The number of nitrogens with zero attached hydrogens (tertiary/aromatic N) is 1. The van der Waals surface area contributed by atoms with Gasteiger partial charge < -0.3 is 25.4 Å². The Kier molecular flexibility index (Phi) is 6.89. The largest absolute Gasteiger partial charge is 0.468 e. The Morgan fingerprint density at radius 3 is 2.54 bits per heavy atom. The quantitative estimate of drug-likeness (QED) is 0.350. The van der Waals surface area contributed by atoms with Gasteiger partial charge in [-0.2, -0.15) is 0 Å². The van der Waals surface area contributed by atoms with Gasteiger partial charge in [0.2, 0.25) is 5.91 Å². The van der Waals surface area contributed by atoms with E-state index in [9.17, 15) is 24.9 Å². The molecular weight excluding hydrogens is 346 g/mol. The lowest BCUT2D eigenvalue weighted by Gasteiger charge is -2.37. The predicted octanol–water partition coefficient (Wildman–Crippen LogP) is -0.444. The Bertz CT molecular complexity index is 653. The maximum Gasteiger partial charge on any atom is 0.437 e. The lowest BCUT2D eigenvalue weighted by molar-refractivity contribution is -0.127. The Labute approximate surface area is 149 Å². The molecule has 5 N–H and O–H groups in total. The summed E-state index contributed by atoms with van der Waals surface area (Å²) in [6.45, 7) is 0.987. The number of hydrogen-bond acceptors (Lipinski definition) is 8. The number of nitrogens with one attached hydrogen (secondary N) is 2. The van der Waals surface area contributed by atoms with Crippen LogP contribution in [0.25, 0.3) is 0 Å². The van der Waals surface area contributed by atoms with Gasteiger partial charge >= 0.3 is 6.09 Å². The fourth-order valence-corrected chi connectivity index (χ4v) is 2.26. The van der Waals surface area contributed by atoms with Gasteiger partial charge in [-0.15, -0.1) is 0 Å². The molecule has 0 saturated carbocycles. The second-order valence-corrected chi connectivity index (χ2v) is 5.52. The first-order valence-corrected chi connectivity index (χ1v) is 8.00. The van der Waals surface area contributed by atoms with E-state index in [1.807, 2.05) is 0 Å². The van der Waals surface area contributed by atoms with Gasteiger partial charge in [-0.1, -0.05) is 25.1 Å². The number of rotatable bonds is 5. The molecule has 1 heterocycles. The van der Waals surface area contributed by atoms with Crippen LogP contribution in [0.1, 0.15) is 13.3 Å². The van der Waals surface area contributed by atoms with E-state index in [1.54, 1.807) is 37.3 Å².